The highest BCUT2D eigenvalue weighted by molar-refractivity contribution is 5.79. The summed E-state index contributed by atoms with van der Waals surface area (Å²) in [6, 6.07) is 1.26. The molecule has 0 bridgehead atoms. The van der Waals surface area contributed by atoms with Gasteiger partial charge < -0.3 is 21.7 Å². The van der Waals surface area contributed by atoms with Gasteiger partial charge in [-0.1, -0.05) is 0 Å². The van der Waals surface area contributed by atoms with E-state index in [4.69, 9.17) is 11.5 Å². The van der Waals surface area contributed by atoms with E-state index >= 15 is 0 Å². The van der Waals surface area contributed by atoms with Gasteiger partial charge in [0.25, 0.3) is 5.69 Å². The van der Waals surface area contributed by atoms with E-state index in [9.17, 15) is 29.5 Å². The van der Waals surface area contributed by atoms with Crippen LogP contribution >= 0.6 is 0 Å². The summed E-state index contributed by atoms with van der Waals surface area (Å²) in [5.74, 6) is -2.38. The molecule has 0 saturated carbocycles. The van der Waals surface area contributed by atoms with Crippen LogP contribution in [-0.2, 0) is 4.79 Å². The van der Waals surface area contributed by atoms with Crippen LogP contribution in [0.1, 0.15) is 11.7 Å². The second kappa shape index (κ2) is 4.94. The van der Waals surface area contributed by atoms with Crippen molar-refractivity contribution < 1.29 is 24.3 Å². The Kier molecular flexibility index (Phi) is 3.79. The maximum Gasteiger partial charge on any atom is 0.292 e. The summed E-state index contributed by atoms with van der Waals surface area (Å²) >= 11 is 0. The highest BCUT2D eigenvalue weighted by Crippen LogP contribution is 2.29. The Balaban J connectivity index is 3.28. The average Bonchev–Trinajstić information content (AvgIpc) is 2.26. The van der Waals surface area contributed by atoms with Crippen molar-refractivity contribution in [3.8, 4) is 0 Å². The molecule has 98 valence electrons. The minimum Gasteiger partial charge on any atom is -0.393 e. The minimum absolute atomic E-state index is 0.443. The lowest BCUT2D eigenvalue weighted by molar-refractivity contribution is -0.384. The number of primary amides is 1. The molecule has 0 aliphatic heterocycles. The molecule has 0 heterocycles. The number of anilines is 1. The molecule has 1 aromatic rings. The zero-order valence-electron chi connectivity index (χ0n) is 8.91. The van der Waals surface area contributed by atoms with E-state index < -0.39 is 45.8 Å². The smallest absolute Gasteiger partial charge is 0.292 e. The van der Waals surface area contributed by atoms with E-state index in [1.54, 1.807) is 0 Å². The number of carbonyl (C=O) groups excluding carboxylic acids is 1. The van der Waals surface area contributed by atoms with E-state index in [0.29, 0.717) is 12.1 Å². The maximum absolute atomic E-state index is 13.4. The number of aliphatic hydroxyl groups is 2. The highest BCUT2D eigenvalue weighted by atomic mass is 19.1. The molecule has 0 aliphatic carbocycles. The molecule has 0 aliphatic rings. The molecular formula is C9H10FN3O5. The van der Waals surface area contributed by atoms with Crippen LogP contribution in [0.5, 0.6) is 0 Å². The van der Waals surface area contributed by atoms with Crippen molar-refractivity contribution in [1.29, 1.82) is 0 Å². The van der Waals surface area contributed by atoms with Crippen LogP contribution in [0.25, 0.3) is 0 Å². The number of nitrogens with two attached hydrogens (primary N) is 2. The van der Waals surface area contributed by atoms with E-state index in [1.807, 2.05) is 0 Å². The number of halogens is 1. The van der Waals surface area contributed by atoms with Crippen molar-refractivity contribution in [2.24, 2.45) is 5.73 Å². The Morgan fingerprint density at radius 3 is 2.44 bits per heavy atom. The molecule has 0 radical (unpaired) electrons. The number of amides is 1. The molecule has 0 aromatic heterocycles. The van der Waals surface area contributed by atoms with Crippen LogP contribution in [0, 0.1) is 15.9 Å². The number of nitrogen functional groups attached to an aromatic ring is 1. The lowest BCUT2D eigenvalue weighted by Crippen LogP contribution is -2.34. The van der Waals surface area contributed by atoms with Gasteiger partial charge in [-0.05, 0) is 0 Å². The van der Waals surface area contributed by atoms with Gasteiger partial charge in [0.15, 0.2) is 6.10 Å². The van der Waals surface area contributed by atoms with Crippen LogP contribution in [0.15, 0.2) is 12.1 Å². The molecule has 6 N–H and O–H groups in total. The SMILES string of the molecule is NC(=O)C(O)C(O)c1cc([N+](=O)[O-])c(N)cc1F. The van der Waals surface area contributed by atoms with Gasteiger partial charge >= 0.3 is 0 Å². The number of nitrogens with zero attached hydrogens (tertiary/aromatic N) is 1. The first-order valence-corrected chi connectivity index (χ1v) is 4.64. The number of rotatable bonds is 4. The van der Waals surface area contributed by atoms with Crippen molar-refractivity contribution in [3.63, 3.8) is 0 Å². The molecule has 2 atom stereocenters. The van der Waals surface area contributed by atoms with E-state index in [1.165, 1.54) is 0 Å². The quantitative estimate of drug-likeness (QED) is 0.315. The number of aliphatic hydroxyl groups excluding tert-OH is 2. The van der Waals surface area contributed by atoms with Gasteiger partial charge in [-0.25, -0.2) is 4.39 Å². The van der Waals surface area contributed by atoms with Crippen molar-refractivity contribution in [2.75, 3.05) is 5.73 Å². The summed E-state index contributed by atoms with van der Waals surface area (Å²) in [7, 11) is 0. The normalized spacial score (nSPS) is 13.9. The first-order valence-electron chi connectivity index (χ1n) is 4.64. The van der Waals surface area contributed by atoms with Crippen molar-refractivity contribution in [3.05, 3.63) is 33.6 Å². The Labute approximate surface area is 99.8 Å². The first kappa shape index (κ1) is 13.8. The molecule has 2 unspecified atom stereocenters. The number of hydrogen-bond acceptors (Lipinski definition) is 6. The lowest BCUT2D eigenvalue weighted by atomic mass is 10.0. The summed E-state index contributed by atoms with van der Waals surface area (Å²) in [6.45, 7) is 0. The highest BCUT2D eigenvalue weighted by Gasteiger charge is 2.28. The van der Waals surface area contributed by atoms with Gasteiger partial charge in [-0.2, -0.15) is 0 Å². The monoisotopic (exact) mass is 259 g/mol. The number of benzene rings is 1. The van der Waals surface area contributed by atoms with Gasteiger partial charge in [-0.3, -0.25) is 14.9 Å². The van der Waals surface area contributed by atoms with Crippen molar-refractivity contribution >= 4 is 17.3 Å². The van der Waals surface area contributed by atoms with Gasteiger partial charge in [0.2, 0.25) is 5.91 Å². The number of carbonyl (C=O) groups is 1. The topological polar surface area (TPSA) is 153 Å². The van der Waals surface area contributed by atoms with Crippen LogP contribution in [0.4, 0.5) is 15.8 Å². The minimum atomic E-state index is -2.08. The van der Waals surface area contributed by atoms with Crippen LogP contribution < -0.4 is 11.5 Å². The Morgan fingerprint density at radius 2 is 2.00 bits per heavy atom. The molecule has 1 aromatic carbocycles. The molecule has 0 spiro atoms. The van der Waals surface area contributed by atoms with E-state index in [2.05, 4.69) is 0 Å². The number of nitro groups is 1. The molecule has 18 heavy (non-hydrogen) atoms. The van der Waals surface area contributed by atoms with E-state index in [-0.39, 0.29) is 0 Å². The third-order valence-electron chi connectivity index (χ3n) is 2.25. The van der Waals surface area contributed by atoms with Gasteiger partial charge in [0.1, 0.15) is 17.6 Å². The van der Waals surface area contributed by atoms with Gasteiger partial charge in [-0.15, -0.1) is 0 Å². The van der Waals surface area contributed by atoms with Crippen LogP contribution in [0.3, 0.4) is 0 Å². The first-order chi connectivity index (χ1) is 8.25. The summed E-state index contributed by atoms with van der Waals surface area (Å²) in [5.41, 5.74) is 8.20. The largest absolute Gasteiger partial charge is 0.393 e. The Bertz CT molecular complexity index is 507. The van der Waals surface area contributed by atoms with Crippen molar-refractivity contribution in [1.82, 2.24) is 0 Å². The molecule has 9 heteroatoms. The zero-order valence-corrected chi connectivity index (χ0v) is 8.91. The lowest BCUT2D eigenvalue weighted by Gasteiger charge is -2.16. The summed E-state index contributed by atoms with van der Waals surface area (Å²) in [6.07, 6.45) is -4.09. The van der Waals surface area contributed by atoms with Gasteiger partial charge in [0, 0.05) is 17.7 Å². The number of hydrogen-bond donors (Lipinski definition) is 4. The zero-order chi connectivity index (χ0) is 14.0. The van der Waals surface area contributed by atoms with Crippen LogP contribution in [-0.4, -0.2) is 27.1 Å². The Morgan fingerprint density at radius 1 is 1.44 bits per heavy atom. The molecule has 1 amide bonds. The Hall–Kier alpha value is -2.26. The maximum atomic E-state index is 13.4. The van der Waals surface area contributed by atoms with Crippen LogP contribution in [0.2, 0.25) is 0 Å². The molecule has 0 saturated heterocycles. The fourth-order valence-electron chi connectivity index (χ4n) is 1.30. The second-order valence-electron chi connectivity index (χ2n) is 3.48. The predicted molar refractivity (Wildman–Crippen MR) is 57.6 cm³/mol. The molecule has 8 nitrogen and oxygen atoms in total. The fraction of sp³-hybridized carbons (Fsp3) is 0.222. The summed E-state index contributed by atoms with van der Waals surface area (Å²) in [4.78, 5) is 20.3. The van der Waals surface area contributed by atoms with E-state index in [0.717, 1.165) is 0 Å². The summed E-state index contributed by atoms with van der Waals surface area (Å²) < 4.78 is 13.4. The summed E-state index contributed by atoms with van der Waals surface area (Å²) in [5, 5.41) is 29.2. The van der Waals surface area contributed by atoms with Crippen molar-refractivity contribution in [2.45, 2.75) is 12.2 Å². The molecule has 0 fully saturated rings. The number of nitro benzene ring substituents is 1. The molecular weight excluding hydrogens is 249 g/mol. The second-order valence-corrected chi connectivity index (χ2v) is 3.48. The third-order valence-corrected chi connectivity index (χ3v) is 2.25. The third kappa shape index (κ3) is 2.52. The van der Waals surface area contributed by atoms with Gasteiger partial charge in [0.05, 0.1) is 4.92 Å². The predicted octanol–water partition coefficient (Wildman–Crippen LogP) is -0.804. The standard InChI is InChI=1S/C9H10FN3O5/c10-4-2-5(11)6(13(17)18)1-3(4)7(14)8(15)9(12)16/h1-2,7-8,14-15H,11H2,(H2,12,16). The average molecular weight is 259 g/mol. The molecule has 1 rings (SSSR count). The fourth-order valence-corrected chi connectivity index (χ4v) is 1.30.